The number of rotatable bonds is 7. The first kappa shape index (κ1) is 18.2. The highest BCUT2D eigenvalue weighted by molar-refractivity contribution is 5.36. The first-order valence-corrected chi connectivity index (χ1v) is 9.08. The maximum Gasteiger partial charge on any atom is 0.137 e. The van der Waals surface area contributed by atoms with Gasteiger partial charge in [-0.15, -0.1) is 0 Å². The van der Waals surface area contributed by atoms with Crippen LogP contribution in [0.3, 0.4) is 0 Å². The van der Waals surface area contributed by atoms with E-state index in [9.17, 15) is 5.11 Å². The molecule has 0 aliphatic carbocycles. The van der Waals surface area contributed by atoms with Gasteiger partial charge in [0.1, 0.15) is 51.2 Å². The van der Waals surface area contributed by atoms with Gasteiger partial charge in [0, 0.05) is 0 Å². The number of aryl methyl sites for hydroxylation is 1. The fourth-order valence-electron chi connectivity index (χ4n) is 3.49. The van der Waals surface area contributed by atoms with Crippen molar-refractivity contribution in [3.63, 3.8) is 0 Å². The fraction of sp³-hybridized carbons (Fsp3) is 0.684. The Kier molecular flexibility index (Phi) is 6.88. The van der Waals surface area contributed by atoms with E-state index in [-0.39, 0.29) is 0 Å². The summed E-state index contributed by atoms with van der Waals surface area (Å²) in [6, 6.07) is 6.24. The zero-order chi connectivity index (χ0) is 16.8. The third-order valence-corrected chi connectivity index (χ3v) is 4.99. The molecule has 0 saturated carbocycles. The van der Waals surface area contributed by atoms with E-state index in [4.69, 9.17) is 4.74 Å². The Bertz CT molecular complexity index is 482. The predicted octanol–water partition coefficient (Wildman–Crippen LogP) is -0.339. The third kappa shape index (κ3) is 5.48. The van der Waals surface area contributed by atoms with Gasteiger partial charge in [-0.05, 0) is 43.0 Å². The highest BCUT2D eigenvalue weighted by atomic mass is 16.5. The van der Waals surface area contributed by atoms with Crippen LogP contribution < -0.4 is 14.5 Å². The molecule has 1 heterocycles. The zero-order valence-electron chi connectivity index (χ0n) is 15.2. The number of hydrogen-bond donors (Lipinski definition) is 3. The smallest absolute Gasteiger partial charge is 0.137 e. The molecule has 130 valence electrons. The normalized spacial score (nSPS) is 23.0. The molecule has 1 unspecified atom stereocenters. The molecule has 4 heteroatoms. The first-order valence-electron chi connectivity index (χ1n) is 9.08. The second-order valence-electron chi connectivity index (χ2n) is 7.20. The van der Waals surface area contributed by atoms with Crippen LogP contribution in [0.2, 0.25) is 0 Å². The van der Waals surface area contributed by atoms with Crippen LogP contribution in [0.25, 0.3) is 0 Å². The van der Waals surface area contributed by atoms with Crippen LogP contribution in [0, 0.1) is 6.92 Å². The topological polar surface area (TPSA) is 38.3 Å². The van der Waals surface area contributed by atoms with E-state index in [2.05, 4.69) is 39.8 Å². The number of piperazine rings is 1. The summed E-state index contributed by atoms with van der Waals surface area (Å²) in [5.41, 5.74) is 2.62. The van der Waals surface area contributed by atoms with Gasteiger partial charge in [-0.1, -0.05) is 19.9 Å². The zero-order valence-corrected chi connectivity index (χ0v) is 15.2. The van der Waals surface area contributed by atoms with Gasteiger partial charge < -0.3 is 19.6 Å². The van der Waals surface area contributed by atoms with Crippen LogP contribution in [-0.2, 0) is 0 Å². The predicted molar refractivity (Wildman–Crippen MR) is 93.6 cm³/mol. The van der Waals surface area contributed by atoms with Crippen LogP contribution in [0.15, 0.2) is 18.2 Å². The number of nitrogens with one attached hydrogen (secondary N) is 2. The number of likely N-dealkylation sites (N-methyl/N-ethyl adjacent to an activating group) is 1. The summed E-state index contributed by atoms with van der Waals surface area (Å²) in [5, 5.41) is 10.2. The van der Waals surface area contributed by atoms with Gasteiger partial charge in [-0.3, -0.25) is 0 Å². The summed E-state index contributed by atoms with van der Waals surface area (Å²) in [6.07, 6.45) is -0.391. The molecule has 1 aromatic rings. The van der Waals surface area contributed by atoms with Crippen molar-refractivity contribution in [2.45, 2.75) is 39.7 Å². The average Bonchev–Trinajstić information content (AvgIpc) is 2.53. The molecule has 1 saturated heterocycles. The van der Waals surface area contributed by atoms with Crippen molar-refractivity contribution in [1.82, 2.24) is 0 Å². The molecule has 1 aromatic carbocycles. The van der Waals surface area contributed by atoms with Gasteiger partial charge >= 0.3 is 0 Å². The lowest BCUT2D eigenvalue weighted by atomic mass is 9.98. The SMILES string of the molecule is CC[NH+]1CC[NH+](CC(O)COc2ccc(C(C)C)c(C)c2)CC1. The van der Waals surface area contributed by atoms with Gasteiger partial charge in [-0.25, -0.2) is 0 Å². The van der Waals surface area contributed by atoms with Gasteiger partial charge in [0.15, 0.2) is 0 Å². The van der Waals surface area contributed by atoms with Gasteiger partial charge in [0.25, 0.3) is 0 Å². The molecular formula is C19H34N2O2+2. The van der Waals surface area contributed by atoms with Gasteiger partial charge in [0.05, 0.1) is 6.54 Å². The van der Waals surface area contributed by atoms with E-state index in [1.165, 1.54) is 35.7 Å². The summed E-state index contributed by atoms with van der Waals surface area (Å²) in [6.45, 7) is 15.9. The van der Waals surface area contributed by atoms with Crippen molar-refractivity contribution in [3.05, 3.63) is 29.3 Å². The van der Waals surface area contributed by atoms with E-state index >= 15 is 0 Å². The average molecular weight is 322 g/mol. The lowest BCUT2D eigenvalue weighted by molar-refractivity contribution is -1.01. The highest BCUT2D eigenvalue weighted by Gasteiger charge is 2.24. The monoisotopic (exact) mass is 322 g/mol. The summed E-state index contributed by atoms with van der Waals surface area (Å²) < 4.78 is 5.80. The van der Waals surface area contributed by atoms with Gasteiger partial charge in [0.2, 0.25) is 0 Å². The summed E-state index contributed by atoms with van der Waals surface area (Å²) >= 11 is 0. The molecule has 0 radical (unpaired) electrons. The summed E-state index contributed by atoms with van der Waals surface area (Å²) in [5.74, 6) is 1.39. The minimum atomic E-state index is -0.391. The van der Waals surface area contributed by atoms with E-state index in [0.29, 0.717) is 12.5 Å². The molecular weight excluding hydrogens is 288 g/mol. The molecule has 0 amide bonds. The van der Waals surface area contributed by atoms with Crippen molar-refractivity contribution in [2.24, 2.45) is 0 Å². The minimum Gasteiger partial charge on any atom is -0.491 e. The molecule has 1 aliphatic heterocycles. The number of aliphatic hydroxyl groups excluding tert-OH is 1. The lowest BCUT2D eigenvalue weighted by Crippen LogP contribution is -3.28. The molecule has 4 nitrogen and oxygen atoms in total. The second kappa shape index (κ2) is 8.67. The van der Waals surface area contributed by atoms with Crippen molar-refractivity contribution in [1.29, 1.82) is 0 Å². The van der Waals surface area contributed by atoms with E-state index in [1.54, 1.807) is 4.90 Å². The lowest BCUT2D eigenvalue weighted by Gasteiger charge is -2.30. The molecule has 2 rings (SSSR count). The van der Waals surface area contributed by atoms with E-state index in [1.807, 2.05) is 6.07 Å². The summed E-state index contributed by atoms with van der Waals surface area (Å²) in [7, 11) is 0. The van der Waals surface area contributed by atoms with E-state index in [0.717, 1.165) is 25.4 Å². The Morgan fingerprint density at radius 3 is 2.35 bits per heavy atom. The molecule has 0 bridgehead atoms. The number of aliphatic hydroxyl groups is 1. The Balaban J connectivity index is 1.76. The maximum atomic E-state index is 10.2. The highest BCUT2D eigenvalue weighted by Crippen LogP contribution is 2.23. The molecule has 3 N–H and O–H groups in total. The molecule has 0 aromatic heterocycles. The second-order valence-corrected chi connectivity index (χ2v) is 7.20. The Labute approximate surface area is 141 Å². The molecule has 23 heavy (non-hydrogen) atoms. The van der Waals surface area contributed by atoms with Crippen LogP contribution in [0.4, 0.5) is 0 Å². The Morgan fingerprint density at radius 2 is 1.78 bits per heavy atom. The van der Waals surface area contributed by atoms with Crippen molar-refractivity contribution >= 4 is 0 Å². The number of ether oxygens (including phenoxy) is 1. The Morgan fingerprint density at radius 1 is 1.13 bits per heavy atom. The van der Waals surface area contributed by atoms with Crippen LogP contribution in [0.5, 0.6) is 5.75 Å². The first-order chi connectivity index (χ1) is 11.0. The standard InChI is InChI=1S/C19H32N2O2/c1-5-20-8-10-21(11-9-20)13-17(22)14-23-18-6-7-19(15(2)3)16(4)12-18/h6-7,12,15,17,22H,5,8-11,13-14H2,1-4H3/p+2. The molecule has 1 atom stereocenters. The molecule has 0 spiro atoms. The number of hydrogen-bond acceptors (Lipinski definition) is 2. The van der Waals surface area contributed by atoms with Crippen LogP contribution >= 0.6 is 0 Å². The maximum absolute atomic E-state index is 10.2. The number of benzene rings is 1. The van der Waals surface area contributed by atoms with E-state index < -0.39 is 6.10 Å². The largest absolute Gasteiger partial charge is 0.491 e. The van der Waals surface area contributed by atoms with Crippen LogP contribution in [-0.4, -0.2) is 57.1 Å². The Hall–Kier alpha value is -1.10. The molecule has 1 aliphatic rings. The van der Waals surface area contributed by atoms with Crippen molar-refractivity contribution in [2.75, 3.05) is 45.9 Å². The van der Waals surface area contributed by atoms with Crippen molar-refractivity contribution in [3.8, 4) is 5.75 Å². The summed E-state index contributed by atoms with van der Waals surface area (Å²) in [4.78, 5) is 3.19. The third-order valence-electron chi connectivity index (χ3n) is 4.99. The van der Waals surface area contributed by atoms with Crippen molar-refractivity contribution < 1.29 is 19.6 Å². The minimum absolute atomic E-state index is 0.383. The fourth-order valence-corrected chi connectivity index (χ4v) is 3.49. The van der Waals surface area contributed by atoms with Crippen LogP contribution in [0.1, 0.15) is 37.8 Å². The quantitative estimate of drug-likeness (QED) is 0.643. The molecule has 1 fully saturated rings. The number of quaternary nitrogens is 2. The van der Waals surface area contributed by atoms with Gasteiger partial charge in [-0.2, -0.15) is 0 Å².